The normalized spacial score (nSPS) is 23.3. The van der Waals surface area contributed by atoms with Crippen LogP contribution in [0, 0.1) is 24.7 Å². The number of hydrogen-bond donors (Lipinski definition) is 0. The molecule has 7 heteroatoms. The van der Waals surface area contributed by atoms with Crippen LogP contribution in [0.3, 0.4) is 0 Å². The van der Waals surface area contributed by atoms with Crippen molar-refractivity contribution in [2.45, 2.75) is 59.0 Å². The maximum Gasteiger partial charge on any atom is 0.255 e. The van der Waals surface area contributed by atoms with Crippen LogP contribution in [0.5, 0.6) is 0 Å². The van der Waals surface area contributed by atoms with Crippen molar-refractivity contribution in [1.29, 1.82) is 0 Å². The van der Waals surface area contributed by atoms with E-state index in [1.807, 2.05) is 28.9 Å². The molecule has 36 heavy (non-hydrogen) atoms. The first-order valence-corrected chi connectivity index (χ1v) is 13.2. The summed E-state index contributed by atoms with van der Waals surface area (Å²) in [5, 5.41) is 6.00. The van der Waals surface area contributed by atoms with Gasteiger partial charge in [0.05, 0.1) is 16.8 Å². The van der Waals surface area contributed by atoms with Crippen molar-refractivity contribution < 1.29 is 9.59 Å². The lowest BCUT2D eigenvalue weighted by Gasteiger charge is -2.31. The molecule has 1 amide bonds. The summed E-state index contributed by atoms with van der Waals surface area (Å²) in [7, 11) is 0. The third-order valence-corrected chi connectivity index (χ3v) is 8.89. The molecule has 0 N–H and O–H groups in total. The zero-order valence-electron chi connectivity index (χ0n) is 21.1. The molecule has 7 rings (SSSR count). The lowest BCUT2D eigenvalue weighted by molar-refractivity contribution is 0.0732. The number of pyridine rings is 2. The Bertz CT molecular complexity index is 1560. The molecule has 5 heterocycles. The maximum absolute atomic E-state index is 13.4. The number of Topliss-reactive ketones (excluding diaryl/α,β-unsaturated/α-hetero) is 1. The predicted molar refractivity (Wildman–Crippen MR) is 138 cm³/mol. The molecule has 2 saturated carbocycles. The van der Waals surface area contributed by atoms with Gasteiger partial charge in [-0.25, -0.2) is 9.50 Å². The first-order valence-electron chi connectivity index (χ1n) is 13.2. The van der Waals surface area contributed by atoms with Crippen molar-refractivity contribution in [2.24, 2.45) is 17.8 Å². The second kappa shape index (κ2) is 7.76. The average Bonchev–Trinajstić information content (AvgIpc) is 3.46. The van der Waals surface area contributed by atoms with Gasteiger partial charge in [-0.3, -0.25) is 9.59 Å². The van der Waals surface area contributed by atoms with E-state index in [9.17, 15) is 9.59 Å². The van der Waals surface area contributed by atoms with Crippen molar-refractivity contribution in [3.63, 3.8) is 0 Å². The lowest BCUT2D eigenvalue weighted by atomic mass is 9.73. The van der Waals surface area contributed by atoms with Crippen LogP contribution in [0.2, 0.25) is 0 Å². The second-order valence-electron chi connectivity index (χ2n) is 11.2. The first-order chi connectivity index (χ1) is 17.4. The Labute approximate surface area is 210 Å². The van der Waals surface area contributed by atoms with Gasteiger partial charge in [0, 0.05) is 43.2 Å². The summed E-state index contributed by atoms with van der Waals surface area (Å²) in [6, 6.07) is 10.2. The molecule has 4 aromatic rings. The van der Waals surface area contributed by atoms with Gasteiger partial charge in [0.1, 0.15) is 17.0 Å². The van der Waals surface area contributed by atoms with Gasteiger partial charge in [0.2, 0.25) is 0 Å². The highest BCUT2D eigenvalue weighted by molar-refractivity contribution is 5.96. The summed E-state index contributed by atoms with van der Waals surface area (Å²) >= 11 is 0. The molecule has 0 bridgehead atoms. The number of carbonyl (C=O) groups is 2. The molecule has 1 aliphatic heterocycles. The van der Waals surface area contributed by atoms with E-state index in [0.717, 1.165) is 46.6 Å². The Morgan fingerprint density at radius 1 is 1.08 bits per heavy atom. The second-order valence-corrected chi connectivity index (χ2v) is 11.2. The molecular weight excluding hydrogens is 450 g/mol. The molecule has 1 saturated heterocycles. The number of fused-ring (bicyclic) bond motifs is 3. The third kappa shape index (κ3) is 3.25. The van der Waals surface area contributed by atoms with Gasteiger partial charge in [0.15, 0.2) is 5.78 Å². The molecule has 3 aliphatic rings. The number of rotatable bonds is 5. The molecule has 7 nitrogen and oxygen atoms in total. The molecule has 0 radical (unpaired) electrons. The lowest BCUT2D eigenvalue weighted by Crippen LogP contribution is -2.36. The topological polar surface area (TPSA) is 72.5 Å². The van der Waals surface area contributed by atoms with Gasteiger partial charge in [0.25, 0.3) is 5.91 Å². The Morgan fingerprint density at radius 2 is 1.92 bits per heavy atom. The van der Waals surface area contributed by atoms with Gasteiger partial charge in [-0.15, -0.1) is 0 Å². The molecule has 4 aromatic heterocycles. The molecule has 2 aliphatic carbocycles. The largest absolute Gasteiger partial charge is 0.335 e. The number of hydrogen-bond acceptors (Lipinski definition) is 4. The number of aromatic nitrogens is 4. The third-order valence-electron chi connectivity index (χ3n) is 8.89. The monoisotopic (exact) mass is 481 g/mol. The van der Waals surface area contributed by atoms with Crippen molar-refractivity contribution >= 4 is 28.2 Å². The van der Waals surface area contributed by atoms with E-state index >= 15 is 0 Å². The zero-order valence-corrected chi connectivity index (χ0v) is 21.1. The van der Waals surface area contributed by atoms with Crippen molar-refractivity contribution in [3.8, 4) is 11.4 Å². The number of nitrogens with zero attached hydrogens (tertiary/aromatic N) is 5. The van der Waals surface area contributed by atoms with Crippen molar-refractivity contribution in [3.05, 3.63) is 53.3 Å². The minimum absolute atomic E-state index is 0.0287. The van der Waals surface area contributed by atoms with E-state index < -0.39 is 0 Å². The Kier molecular flexibility index (Phi) is 4.69. The first kappa shape index (κ1) is 21.8. The highest BCUT2D eigenvalue weighted by Gasteiger charge is 2.46. The molecule has 184 valence electrons. The van der Waals surface area contributed by atoms with Crippen LogP contribution in [-0.2, 0) is 6.54 Å². The fourth-order valence-corrected chi connectivity index (χ4v) is 6.35. The SMILES string of the molecule is CC(=O)c1ccc2cc(-c3nn4cc(C(=O)N5CC6CC[C@H]6C5C)ccc4c3C)n(CC3CC3)c2n1. The van der Waals surface area contributed by atoms with E-state index in [1.54, 1.807) is 13.0 Å². The maximum atomic E-state index is 13.4. The fourth-order valence-electron chi connectivity index (χ4n) is 6.35. The van der Waals surface area contributed by atoms with Crippen molar-refractivity contribution in [1.82, 2.24) is 24.1 Å². The van der Waals surface area contributed by atoms with E-state index in [0.29, 0.717) is 35.1 Å². The fraction of sp³-hybridized carbons (Fsp3) is 0.448. The van der Waals surface area contributed by atoms with Crippen LogP contribution >= 0.6 is 0 Å². The Hall–Kier alpha value is -3.48. The van der Waals surface area contributed by atoms with Crippen LogP contribution in [0.4, 0.5) is 0 Å². The summed E-state index contributed by atoms with van der Waals surface area (Å²) in [5.74, 6) is 2.07. The van der Waals surface area contributed by atoms with Gasteiger partial charge >= 0.3 is 0 Å². The predicted octanol–water partition coefficient (Wildman–Crippen LogP) is 5.14. The van der Waals surface area contributed by atoms with Crippen LogP contribution in [0.1, 0.15) is 65.9 Å². The number of likely N-dealkylation sites (tertiary alicyclic amines) is 1. The Morgan fingerprint density at radius 3 is 2.58 bits per heavy atom. The van der Waals surface area contributed by atoms with Crippen LogP contribution in [0.15, 0.2) is 36.5 Å². The quantitative estimate of drug-likeness (QED) is 0.370. The highest BCUT2D eigenvalue weighted by atomic mass is 16.2. The number of carbonyl (C=O) groups excluding carboxylic acids is 2. The summed E-state index contributed by atoms with van der Waals surface area (Å²) in [4.78, 5) is 32.2. The van der Waals surface area contributed by atoms with E-state index in [2.05, 4.69) is 29.4 Å². The number of amides is 1. The van der Waals surface area contributed by atoms with Crippen LogP contribution < -0.4 is 0 Å². The number of aryl methyl sites for hydroxylation is 1. The van der Waals surface area contributed by atoms with Gasteiger partial charge in [-0.2, -0.15) is 5.10 Å². The Balaban J connectivity index is 1.30. The minimum Gasteiger partial charge on any atom is -0.335 e. The van der Waals surface area contributed by atoms with E-state index in [1.165, 1.54) is 25.7 Å². The molecule has 2 unspecified atom stereocenters. The van der Waals surface area contributed by atoms with Gasteiger partial charge in [-0.05, 0) is 87.6 Å². The zero-order chi connectivity index (χ0) is 24.7. The van der Waals surface area contributed by atoms with Crippen LogP contribution in [0.25, 0.3) is 27.9 Å². The smallest absolute Gasteiger partial charge is 0.255 e. The van der Waals surface area contributed by atoms with Gasteiger partial charge < -0.3 is 9.47 Å². The molecule has 3 fully saturated rings. The molecular formula is C29H31N5O2. The standard InChI is InChI=1S/C29H31N5O2/c1-16-25-11-8-22(29(36)32-14-21-6-9-23(21)17(32)2)15-34(25)31-27(16)26-12-20-7-10-24(18(3)35)30-28(20)33(26)13-19-4-5-19/h7-8,10-12,15,17,19,21,23H,4-6,9,13-14H2,1-3H3/t17?,21?,23-/m0/s1. The summed E-state index contributed by atoms with van der Waals surface area (Å²) in [6.07, 6.45) is 6.82. The van der Waals surface area contributed by atoms with E-state index in [-0.39, 0.29) is 11.7 Å². The molecule has 3 atom stereocenters. The molecule has 0 aromatic carbocycles. The molecule has 0 spiro atoms. The average molecular weight is 482 g/mol. The van der Waals surface area contributed by atoms with E-state index in [4.69, 9.17) is 10.1 Å². The van der Waals surface area contributed by atoms with Crippen LogP contribution in [-0.4, -0.2) is 48.3 Å². The summed E-state index contributed by atoms with van der Waals surface area (Å²) < 4.78 is 4.10. The minimum atomic E-state index is -0.0287. The number of ketones is 1. The highest BCUT2D eigenvalue weighted by Crippen LogP contribution is 2.45. The summed E-state index contributed by atoms with van der Waals surface area (Å²) in [6.45, 7) is 7.59. The summed E-state index contributed by atoms with van der Waals surface area (Å²) in [5.41, 5.74) is 6.01. The van der Waals surface area contributed by atoms with Crippen molar-refractivity contribution in [2.75, 3.05) is 6.54 Å². The van der Waals surface area contributed by atoms with Gasteiger partial charge in [-0.1, -0.05) is 0 Å².